The van der Waals surface area contributed by atoms with Crippen LogP contribution < -0.4 is 0 Å². The third kappa shape index (κ3) is 0.507. The molecular weight excluding hydrogens is 95.5 g/mol. The summed E-state index contributed by atoms with van der Waals surface area (Å²) in [7, 11) is 0. The first-order valence-corrected chi connectivity index (χ1v) is 2.38. The van der Waals surface area contributed by atoms with Crippen LogP contribution in [-0.2, 0) is 0 Å². The number of terminal acetylenes is 1. The Morgan fingerprint density at radius 3 is 2.33 bits per heavy atom. The Balaban J connectivity index is 2.31. The summed E-state index contributed by atoms with van der Waals surface area (Å²) in [6.45, 7) is 0. The number of alkyl halides is 1. The van der Waals surface area contributed by atoms with E-state index in [1.54, 1.807) is 0 Å². The van der Waals surface area contributed by atoms with Gasteiger partial charge in [-0.25, -0.2) is 0 Å². The van der Waals surface area contributed by atoms with E-state index in [1.165, 1.54) is 0 Å². The second-order valence-corrected chi connectivity index (χ2v) is 2.09. The first kappa shape index (κ1) is 4.02. The molecule has 0 nitrogen and oxygen atoms in total. The fourth-order valence-electron chi connectivity index (χ4n) is 0.336. The Labute approximate surface area is 42.5 Å². The molecule has 6 heavy (non-hydrogen) atoms. The molecule has 1 rings (SSSR count). The van der Waals surface area contributed by atoms with Crippen LogP contribution in [0.25, 0.3) is 0 Å². The highest BCUT2D eigenvalue weighted by Gasteiger charge is 2.32. The first-order valence-electron chi connectivity index (χ1n) is 1.95. The van der Waals surface area contributed by atoms with E-state index in [9.17, 15) is 0 Å². The van der Waals surface area contributed by atoms with Crippen molar-refractivity contribution in [3.8, 4) is 12.3 Å². The van der Waals surface area contributed by atoms with Crippen LogP contribution in [0.5, 0.6) is 0 Å². The zero-order valence-corrected chi connectivity index (χ0v) is 4.07. The lowest BCUT2D eigenvalue weighted by atomic mass is 10.5. The van der Waals surface area contributed by atoms with Crippen molar-refractivity contribution < 1.29 is 0 Å². The molecule has 0 spiro atoms. The Kier molecular flexibility index (Phi) is 0.782. The minimum atomic E-state index is 0.301. The third-order valence-corrected chi connectivity index (χ3v) is 1.41. The first-order chi connectivity index (χ1) is 2.84. The monoisotopic (exact) mass is 100 g/mol. The van der Waals surface area contributed by atoms with Gasteiger partial charge >= 0.3 is 0 Å². The third-order valence-electron chi connectivity index (χ3n) is 0.927. The standard InChI is InChI=1S/C5H5Cl/c1-2-4-3-5(4)6/h1,4-5H,3H2/t4-,5+/m1/s1. The van der Waals surface area contributed by atoms with Crippen LogP contribution in [0, 0.1) is 18.3 Å². The number of hydrogen-bond acceptors (Lipinski definition) is 0. The maximum atomic E-state index is 5.51. The van der Waals surface area contributed by atoms with Crippen molar-refractivity contribution in [3.63, 3.8) is 0 Å². The van der Waals surface area contributed by atoms with Gasteiger partial charge in [0.15, 0.2) is 0 Å². The SMILES string of the molecule is C#C[C@@H]1C[C@@H]1Cl. The zero-order valence-electron chi connectivity index (χ0n) is 3.32. The zero-order chi connectivity index (χ0) is 4.57. The van der Waals surface area contributed by atoms with Gasteiger partial charge in [-0.2, -0.15) is 0 Å². The Bertz CT molecular complexity index is 90.6. The van der Waals surface area contributed by atoms with Crippen LogP contribution in [0.2, 0.25) is 0 Å². The van der Waals surface area contributed by atoms with Gasteiger partial charge in [0.2, 0.25) is 0 Å². The molecule has 0 aromatic carbocycles. The molecule has 1 aliphatic rings. The van der Waals surface area contributed by atoms with Crippen molar-refractivity contribution in [1.82, 2.24) is 0 Å². The lowest BCUT2D eigenvalue weighted by Crippen LogP contribution is -1.66. The van der Waals surface area contributed by atoms with Gasteiger partial charge in [-0.1, -0.05) is 0 Å². The topological polar surface area (TPSA) is 0 Å². The van der Waals surface area contributed by atoms with Crippen LogP contribution in [0.1, 0.15) is 6.42 Å². The van der Waals surface area contributed by atoms with Gasteiger partial charge in [0.05, 0.1) is 0 Å². The number of halogens is 1. The van der Waals surface area contributed by atoms with Crippen LogP contribution in [0.15, 0.2) is 0 Å². The summed E-state index contributed by atoms with van der Waals surface area (Å²) in [6.07, 6.45) is 6.02. The maximum Gasteiger partial charge on any atom is 0.0486 e. The van der Waals surface area contributed by atoms with Gasteiger partial charge in [-0.05, 0) is 6.42 Å². The van der Waals surface area contributed by atoms with E-state index in [1.807, 2.05) is 0 Å². The molecule has 1 heteroatoms. The normalized spacial score (nSPS) is 41.3. The van der Waals surface area contributed by atoms with Gasteiger partial charge in [-0.15, -0.1) is 23.9 Å². The van der Waals surface area contributed by atoms with Crippen LogP contribution in [0.3, 0.4) is 0 Å². The molecule has 0 N–H and O–H groups in total. The van der Waals surface area contributed by atoms with Crippen molar-refractivity contribution in [2.75, 3.05) is 0 Å². The molecule has 1 aliphatic carbocycles. The Morgan fingerprint density at radius 2 is 2.33 bits per heavy atom. The molecule has 0 aliphatic heterocycles. The summed E-state index contributed by atoms with van der Waals surface area (Å²) in [4.78, 5) is 0. The predicted octanol–water partition coefficient (Wildman–Crippen LogP) is 1.25. The average molecular weight is 101 g/mol. The van der Waals surface area contributed by atoms with Gasteiger partial charge < -0.3 is 0 Å². The van der Waals surface area contributed by atoms with E-state index in [-0.39, 0.29) is 0 Å². The van der Waals surface area contributed by atoms with Crippen molar-refractivity contribution in [2.45, 2.75) is 11.8 Å². The summed E-state index contributed by atoms with van der Waals surface area (Å²) >= 11 is 5.51. The molecule has 0 amide bonds. The minimum Gasteiger partial charge on any atom is -0.122 e. The second kappa shape index (κ2) is 1.17. The molecular formula is C5H5Cl. The average Bonchev–Trinajstić information content (AvgIpc) is 2.19. The molecule has 1 fully saturated rings. The number of rotatable bonds is 0. The van der Waals surface area contributed by atoms with Crippen LogP contribution in [0.4, 0.5) is 0 Å². The van der Waals surface area contributed by atoms with Crippen LogP contribution in [-0.4, -0.2) is 5.38 Å². The molecule has 0 heterocycles. The quantitative estimate of drug-likeness (QED) is 0.318. The van der Waals surface area contributed by atoms with E-state index in [0.717, 1.165) is 6.42 Å². The molecule has 0 aromatic heterocycles. The lowest BCUT2D eigenvalue weighted by molar-refractivity contribution is 1.19. The summed E-state index contributed by atoms with van der Waals surface area (Å²) in [5.41, 5.74) is 0. The Hall–Kier alpha value is -0.150. The van der Waals surface area contributed by atoms with E-state index >= 15 is 0 Å². The van der Waals surface area contributed by atoms with E-state index in [0.29, 0.717) is 11.3 Å². The Morgan fingerprint density at radius 1 is 1.83 bits per heavy atom. The predicted molar refractivity (Wildman–Crippen MR) is 26.6 cm³/mol. The maximum absolute atomic E-state index is 5.51. The highest BCUT2D eigenvalue weighted by Crippen LogP contribution is 2.34. The molecule has 0 saturated heterocycles. The van der Waals surface area contributed by atoms with Crippen molar-refractivity contribution >= 4 is 11.6 Å². The summed E-state index contributed by atoms with van der Waals surface area (Å²) in [5, 5.41) is 0.301. The van der Waals surface area contributed by atoms with Gasteiger partial charge in [0.1, 0.15) is 0 Å². The molecule has 1 saturated carbocycles. The second-order valence-electron chi connectivity index (χ2n) is 1.52. The van der Waals surface area contributed by atoms with Crippen molar-refractivity contribution in [1.29, 1.82) is 0 Å². The minimum absolute atomic E-state index is 0.301. The largest absolute Gasteiger partial charge is 0.122 e. The van der Waals surface area contributed by atoms with Gasteiger partial charge in [0, 0.05) is 11.3 Å². The van der Waals surface area contributed by atoms with Gasteiger partial charge in [-0.3, -0.25) is 0 Å². The fraction of sp³-hybridized carbons (Fsp3) is 0.600. The lowest BCUT2D eigenvalue weighted by Gasteiger charge is -1.66. The summed E-state index contributed by atoms with van der Waals surface area (Å²) in [5.74, 6) is 2.95. The van der Waals surface area contributed by atoms with E-state index < -0.39 is 0 Å². The van der Waals surface area contributed by atoms with E-state index in [4.69, 9.17) is 18.0 Å². The van der Waals surface area contributed by atoms with Crippen LogP contribution >= 0.6 is 11.6 Å². The fourth-order valence-corrected chi connectivity index (χ4v) is 0.601. The smallest absolute Gasteiger partial charge is 0.0486 e. The molecule has 2 atom stereocenters. The summed E-state index contributed by atoms with van der Waals surface area (Å²) in [6, 6.07) is 0. The summed E-state index contributed by atoms with van der Waals surface area (Å²) < 4.78 is 0. The molecule has 0 aromatic rings. The molecule has 0 bridgehead atoms. The van der Waals surface area contributed by atoms with Gasteiger partial charge in [0.25, 0.3) is 0 Å². The van der Waals surface area contributed by atoms with Crippen molar-refractivity contribution in [3.05, 3.63) is 0 Å². The molecule has 0 radical (unpaired) electrons. The number of hydrogen-bond donors (Lipinski definition) is 0. The molecule has 32 valence electrons. The highest BCUT2D eigenvalue weighted by atomic mass is 35.5. The highest BCUT2D eigenvalue weighted by molar-refractivity contribution is 6.22. The van der Waals surface area contributed by atoms with Crippen molar-refractivity contribution in [2.24, 2.45) is 5.92 Å². The van der Waals surface area contributed by atoms with E-state index in [2.05, 4.69) is 5.92 Å². The molecule has 0 unspecified atom stereocenters.